The standard InChI is InChI=1S/C26H31N3O5/c1-2-33-23-16-19(11-12-22(23)34-18-25(31)28-13-4-3-5-14-28)26(32)27-20-8-6-9-21(17-20)29-15-7-10-24(29)30/h6,8-9,11-12,16-17H,2-5,7,10,13-15,18H2,1H3,(H,27,32). The van der Waals surface area contributed by atoms with Gasteiger partial charge < -0.3 is 24.6 Å². The van der Waals surface area contributed by atoms with E-state index in [9.17, 15) is 14.4 Å². The molecule has 2 fully saturated rings. The monoisotopic (exact) mass is 465 g/mol. The van der Waals surface area contributed by atoms with E-state index in [1.54, 1.807) is 35.2 Å². The van der Waals surface area contributed by atoms with E-state index in [-0.39, 0.29) is 24.3 Å². The van der Waals surface area contributed by atoms with Gasteiger partial charge in [-0.25, -0.2) is 0 Å². The largest absolute Gasteiger partial charge is 0.490 e. The summed E-state index contributed by atoms with van der Waals surface area (Å²) in [6.45, 7) is 4.41. The first kappa shape index (κ1) is 23.6. The van der Waals surface area contributed by atoms with Gasteiger partial charge in [0.15, 0.2) is 18.1 Å². The predicted octanol–water partition coefficient (Wildman–Crippen LogP) is 3.86. The van der Waals surface area contributed by atoms with Gasteiger partial charge in [0.25, 0.3) is 11.8 Å². The minimum Gasteiger partial charge on any atom is -0.490 e. The zero-order chi connectivity index (χ0) is 23.9. The Labute approximate surface area is 199 Å². The molecule has 0 aromatic heterocycles. The van der Waals surface area contributed by atoms with Gasteiger partial charge in [-0.3, -0.25) is 14.4 Å². The fraction of sp³-hybridized carbons (Fsp3) is 0.423. The Kier molecular flexibility index (Phi) is 7.67. The Morgan fingerprint density at radius 1 is 0.941 bits per heavy atom. The highest BCUT2D eigenvalue weighted by Crippen LogP contribution is 2.30. The van der Waals surface area contributed by atoms with Crippen LogP contribution in [0.25, 0.3) is 0 Å². The summed E-state index contributed by atoms with van der Waals surface area (Å²) in [5.41, 5.74) is 1.78. The summed E-state index contributed by atoms with van der Waals surface area (Å²) in [6.07, 6.45) is 4.60. The van der Waals surface area contributed by atoms with Crippen LogP contribution >= 0.6 is 0 Å². The molecule has 8 heteroatoms. The van der Waals surface area contributed by atoms with Crippen molar-refractivity contribution in [3.05, 3.63) is 48.0 Å². The predicted molar refractivity (Wildman–Crippen MR) is 130 cm³/mol. The molecule has 2 aliphatic rings. The van der Waals surface area contributed by atoms with Crippen LogP contribution < -0.4 is 19.7 Å². The molecule has 34 heavy (non-hydrogen) atoms. The first-order valence-electron chi connectivity index (χ1n) is 11.9. The van der Waals surface area contributed by atoms with Crippen LogP contribution in [0.1, 0.15) is 49.4 Å². The number of ether oxygens (including phenoxy) is 2. The van der Waals surface area contributed by atoms with E-state index in [0.717, 1.165) is 44.5 Å². The zero-order valence-corrected chi connectivity index (χ0v) is 19.5. The summed E-state index contributed by atoms with van der Waals surface area (Å²) in [7, 11) is 0. The van der Waals surface area contributed by atoms with Gasteiger partial charge in [0.2, 0.25) is 5.91 Å². The quantitative estimate of drug-likeness (QED) is 0.640. The summed E-state index contributed by atoms with van der Waals surface area (Å²) in [4.78, 5) is 40.9. The van der Waals surface area contributed by atoms with Gasteiger partial charge in [-0.05, 0) is 69.0 Å². The van der Waals surface area contributed by atoms with Crippen molar-refractivity contribution in [3.8, 4) is 11.5 Å². The number of carbonyl (C=O) groups excluding carboxylic acids is 3. The molecule has 180 valence electrons. The van der Waals surface area contributed by atoms with Crippen LogP contribution in [0.4, 0.5) is 11.4 Å². The smallest absolute Gasteiger partial charge is 0.260 e. The average molecular weight is 466 g/mol. The first-order chi connectivity index (χ1) is 16.5. The highest BCUT2D eigenvalue weighted by Gasteiger charge is 2.22. The molecule has 0 atom stereocenters. The van der Waals surface area contributed by atoms with Crippen molar-refractivity contribution in [1.82, 2.24) is 4.90 Å². The molecule has 8 nitrogen and oxygen atoms in total. The lowest BCUT2D eigenvalue weighted by molar-refractivity contribution is -0.134. The van der Waals surface area contributed by atoms with Crippen LogP contribution in [0, 0.1) is 0 Å². The van der Waals surface area contributed by atoms with Crippen molar-refractivity contribution in [1.29, 1.82) is 0 Å². The molecule has 4 rings (SSSR count). The number of piperidine rings is 1. The highest BCUT2D eigenvalue weighted by atomic mass is 16.5. The molecular weight excluding hydrogens is 434 g/mol. The molecule has 1 N–H and O–H groups in total. The van der Waals surface area contributed by atoms with Crippen LogP contribution in [0.3, 0.4) is 0 Å². The van der Waals surface area contributed by atoms with E-state index in [1.807, 2.05) is 24.0 Å². The van der Waals surface area contributed by atoms with E-state index >= 15 is 0 Å². The lowest BCUT2D eigenvalue weighted by atomic mass is 10.1. The lowest BCUT2D eigenvalue weighted by Gasteiger charge is -2.26. The van der Waals surface area contributed by atoms with Crippen molar-refractivity contribution in [2.75, 3.05) is 43.1 Å². The molecule has 2 heterocycles. The Morgan fingerprint density at radius 2 is 1.76 bits per heavy atom. The maximum absolute atomic E-state index is 12.9. The summed E-state index contributed by atoms with van der Waals surface area (Å²) < 4.78 is 11.4. The third-order valence-corrected chi connectivity index (χ3v) is 6.05. The molecule has 0 spiro atoms. The van der Waals surface area contributed by atoms with Crippen molar-refractivity contribution >= 4 is 29.1 Å². The van der Waals surface area contributed by atoms with E-state index in [1.165, 1.54) is 0 Å². The molecule has 2 aliphatic heterocycles. The summed E-state index contributed by atoms with van der Waals surface area (Å²) in [5.74, 6) is 0.595. The Hall–Kier alpha value is -3.55. The van der Waals surface area contributed by atoms with Crippen LogP contribution in [-0.4, -0.2) is 55.5 Å². The molecule has 0 aliphatic carbocycles. The van der Waals surface area contributed by atoms with Crippen molar-refractivity contribution in [2.45, 2.75) is 39.0 Å². The highest BCUT2D eigenvalue weighted by molar-refractivity contribution is 6.05. The van der Waals surface area contributed by atoms with Gasteiger partial charge in [-0.1, -0.05) is 6.07 Å². The van der Waals surface area contributed by atoms with E-state index in [4.69, 9.17) is 9.47 Å². The molecule has 2 aromatic rings. The number of hydrogen-bond acceptors (Lipinski definition) is 5. The van der Waals surface area contributed by atoms with Gasteiger partial charge in [0, 0.05) is 43.0 Å². The summed E-state index contributed by atoms with van der Waals surface area (Å²) in [5, 5.41) is 2.88. The minimum atomic E-state index is -0.304. The number of amides is 3. The SMILES string of the molecule is CCOc1cc(C(=O)Nc2cccc(N3CCCC3=O)c2)ccc1OCC(=O)N1CCCCC1. The van der Waals surface area contributed by atoms with E-state index < -0.39 is 0 Å². The number of hydrogen-bond donors (Lipinski definition) is 1. The number of carbonyl (C=O) groups is 3. The van der Waals surface area contributed by atoms with Gasteiger partial charge in [-0.2, -0.15) is 0 Å². The van der Waals surface area contributed by atoms with E-state index in [2.05, 4.69) is 5.32 Å². The lowest BCUT2D eigenvalue weighted by Crippen LogP contribution is -2.38. The van der Waals surface area contributed by atoms with Gasteiger partial charge in [0.1, 0.15) is 0 Å². The van der Waals surface area contributed by atoms with Crippen molar-refractivity contribution in [3.63, 3.8) is 0 Å². The zero-order valence-electron chi connectivity index (χ0n) is 19.5. The topological polar surface area (TPSA) is 88.2 Å². The number of nitrogens with zero attached hydrogens (tertiary/aromatic N) is 2. The Morgan fingerprint density at radius 3 is 2.50 bits per heavy atom. The third-order valence-electron chi connectivity index (χ3n) is 6.05. The molecule has 2 aromatic carbocycles. The second-order valence-electron chi connectivity index (χ2n) is 8.48. The number of likely N-dealkylation sites (tertiary alicyclic amines) is 1. The second-order valence-corrected chi connectivity index (χ2v) is 8.48. The van der Waals surface area contributed by atoms with Crippen LogP contribution in [0.2, 0.25) is 0 Å². The maximum atomic E-state index is 12.9. The summed E-state index contributed by atoms with van der Waals surface area (Å²) in [6, 6.07) is 12.2. The molecule has 0 saturated carbocycles. The third kappa shape index (κ3) is 5.68. The van der Waals surface area contributed by atoms with Crippen LogP contribution in [-0.2, 0) is 9.59 Å². The molecule has 0 bridgehead atoms. The van der Waals surface area contributed by atoms with Gasteiger partial charge in [0.05, 0.1) is 6.61 Å². The Bertz CT molecular complexity index is 1050. The summed E-state index contributed by atoms with van der Waals surface area (Å²) >= 11 is 0. The molecule has 3 amide bonds. The van der Waals surface area contributed by atoms with Gasteiger partial charge >= 0.3 is 0 Å². The fourth-order valence-corrected chi connectivity index (χ4v) is 4.29. The molecule has 0 radical (unpaired) electrons. The number of anilines is 2. The molecular formula is C26H31N3O5. The molecule has 0 unspecified atom stereocenters. The van der Waals surface area contributed by atoms with Crippen molar-refractivity contribution in [2.24, 2.45) is 0 Å². The Balaban J connectivity index is 1.42. The average Bonchev–Trinajstić information content (AvgIpc) is 3.29. The fourth-order valence-electron chi connectivity index (χ4n) is 4.29. The number of rotatable bonds is 8. The van der Waals surface area contributed by atoms with E-state index in [0.29, 0.717) is 42.3 Å². The number of benzene rings is 2. The van der Waals surface area contributed by atoms with Gasteiger partial charge in [-0.15, -0.1) is 0 Å². The molecule has 2 saturated heterocycles. The minimum absolute atomic E-state index is 0.0414. The normalized spacial score (nSPS) is 15.9. The van der Waals surface area contributed by atoms with Crippen LogP contribution in [0.15, 0.2) is 42.5 Å². The second kappa shape index (κ2) is 11.0. The van der Waals surface area contributed by atoms with Crippen LogP contribution in [0.5, 0.6) is 11.5 Å². The van der Waals surface area contributed by atoms with Crippen molar-refractivity contribution < 1.29 is 23.9 Å². The maximum Gasteiger partial charge on any atom is 0.260 e. The number of nitrogens with one attached hydrogen (secondary N) is 1. The first-order valence-corrected chi connectivity index (χ1v) is 11.9.